The van der Waals surface area contributed by atoms with Gasteiger partial charge in [-0.15, -0.1) is 0 Å². The number of amides is 1. The van der Waals surface area contributed by atoms with Crippen LogP contribution in [0.1, 0.15) is 25.7 Å². The number of fused-ring (bicyclic) bond motifs is 1. The van der Waals surface area contributed by atoms with E-state index >= 15 is 0 Å². The normalized spacial score (nSPS) is 19.4. The van der Waals surface area contributed by atoms with E-state index in [2.05, 4.69) is 5.32 Å². The van der Waals surface area contributed by atoms with Crippen LogP contribution < -0.4 is 14.8 Å². The predicted molar refractivity (Wildman–Crippen MR) is 104 cm³/mol. The Bertz CT molecular complexity index is 962. The van der Waals surface area contributed by atoms with E-state index in [1.807, 2.05) is 0 Å². The SMILES string of the molecule is O=C(CC1CCCCN1S(=O)(=O)c1ccccc1)Nc1ccc2c(c1)OCO2. The largest absolute Gasteiger partial charge is 0.454 e. The molecule has 1 amide bonds. The second-order valence-electron chi connectivity index (χ2n) is 6.90. The Kier molecular flexibility index (Phi) is 5.23. The van der Waals surface area contributed by atoms with E-state index in [0.717, 1.165) is 12.8 Å². The number of ether oxygens (including phenoxy) is 2. The zero-order valence-corrected chi connectivity index (χ0v) is 16.2. The summed E-state index contributed by atoms with van der Waals surface area (Å²) in [6.07, 6.45) is 2.48. The zero-order valence-electron chi connectivity index (χ0n) is 15.3. The third-order valence-corrected chi connectivity index (χ3v) is 6.97. The minimum atomic E-state index is -3.62. The number of hydrogen-bond donors (Lipinski definition) is 1. The number of anilines is 1. The summed E-state index contributed by atoms with van der Waals surface area (Å²) in [6, 6.07) is 13.2. The number of nitrogens with zero attached hydrogens (tertiary/aromatic N) is 1. The molecule has 1 unspecified atom stereocenters. The van der Waals surface area contributed by atoms with Crippen molar-refractivity contribution in [3.05, 3.63) is 48.5 Å². The van der Waals surface area contributed by atoms with Crippen molar-refractivity contribution in [3.8, 4) is 11.5 Å². The highest BCUT2D eigenvalue weighted by molar-refractivity contribution is 7.89. The summed E-state index contributed by atoms with van der Waals surface area (Å²) in [5, 5.41) is 2.83. The molecule has 2 aromatic rings. The number of rotatable bonds is 5. The topological polar surface area (TPSA) is 84.9 Å². The summed E-state index contributed by atoms with van der Waals surface area (Å²) in [5.74, 6) is 1.01. The smallest absolute Gasteiger partial charge is 0.243 e. The Hall–Kier alpha value is -2.58. The molecule has 0 radical (unpaired) electrons. The van der Waals surface area contributed by atoms with Crippen LogP contribution in [0.5, 0.6) is 11.5 Å². The summed E-state index contributed by atoms with van der Waals surface area (Å²) < 4.78 is 38.1. The lowest BCUT2D eigenvalue weighted by atomic mass is 10.0. The molecule has 0 aliphatic carbocycles. The van der Waals surface area contributed by atoms with Gasteiger partial charge in [0.1, 0.15) is 0 Å². The van der Waals surface area contributed by atoms with Gasteiger partial charge in [0, 0.05) is 30.8 Å². The van der Waals surface area contributed by atoms with Crippen LogP contribution in [0.25, 0.3) is 0 Å². The highest BCUT2D eigenvalue weighted by Crippen LogP contribution is 2.34. The van der Waals surface area contributed by atoms with Gasteiger partial charge in [-0.2, -0.15) is 4.31 Å². The van der Waals surface area contributed by atoms with Gasteiger partial charge in [-0.3, -0.25) is 4.79 Å². The second kappa shape index (κ2) is 7.81. The summed E-state index contributed by atoms with van der Waals surface area (Å²) in [5.41, 5.74) is 0.600. The van der Waals surface area contributed by atoms with Crippen molar-refractivity contribution in [2.24, 2.45) is 0 Å². The Morgan fingerprint density at radius 3 is 2.68 bits per heavy atom. The molecule has 0 aromatic heterocycles. The van der Waals surface area contributed by atoms with Gasteiger partial charge < -0.3 is 14.8 Å². The number of carbonyl (C=O) groups excluding carboxylic acids is 1. The Labute approximate surface area is 164 Å². The average Bonchev–Trinajstić information content (AvgIpc) is 3.17. The van der Waals surface area contributed by atoms with Crippen LogP contribution in [0.3, 0.4) is 0 Å². The summed E-state index contributed by atoms with van der Waals surface area (Å²) >= 11 is 0. The quantitative estimate of drug-likeness (QED) is 0.831. The van der Waals surface area contributed by atoms with Crippen molar-refractivity contribution in [3.63, 3.8) is 0 Å². The molecular weight excluding hydrogens is 380 g/mol. The Morgan fingerprint density at radius 2 is 1.86 bits per heavy atom. The molecule has 1 saturated heterocycles. The lowest BCUT2D eigenvalue weighted by Crippen LogP contribution is -2.45. The Morgan fingerprint density at radius 1 is 1.07 bits per heavy atom. The van der Waals surface area contributed by atoms with E-state index < -0.39 is 10.0 Å². The average molecular weight is 402 g/mol. The Balaban J connectivity index is 1.47. The molecule has 2 aliphatic heterocycles. The van der Waals surface area contributed by atoms with Crippen molar-refractivity contribution in [1.29, 1.82) is 0 Å². The first-order valence-electron chi connectivity index (χ1n) is 9.30. The number of nitrogens with one attached hydrogen (secondary N) is 1. The monoisotopic (exact) mass is 402 g/mol. The van der Waals surface area contributed by atoms with Crippen LogP contribution >= 0.6 is 0 Å². The van der Waals surface area contributed by atoms with Crippen LogP contribution in [0, 0.1) is 0 Å². The fourth-order valence-electron chi connectivity index (χ4n) is 3.62. The highest BCUT2D eigenvalue weighted by atomic mass is 32.2. The molecule has 1 N–H and O–H groups in total. The predicted octanol–water partition coefficient (Wildman–Crippen LogP) is 2.99. The first-order valence-corrected chi connectivity index (χ1v) is 10.7. The maximum Gasteiger partial charge on any atom is 0.243 e. The van der Waals surface area contributed by atoms with E-state index in [0.29, 0.717) is 30.2 Å². The molecule has 0 spiro atoms. The van der Waals surface area contributed by atoms with E-state index in [-0.39, 0.29) is 30.1 Å². The number of benzene rings is 2. The molecule has 0 saturated carbocycles. The highest BCUT2D eigenvalue weighted by Gasteiger charge is 2.34. The van der Waals surface area contributed by atoms with Gasteiger partial charge in [-0.1, -0.05) is 24.6 Å². The number of sulfonamides is 1. The van der Waals surface area contributed by atoms with Gasteiger partial charge in [0.25, 0.3) is 0 Å². The van der Waals surface area contributed by atoms with Gasteiger partial charge in [0.15, 0.2) is 11.5 Å². The molecule has 2 heterocycles. The molecule has 28 heavy (non-hydrogen) atoms. The summed E-state index contributed by atoms with van der Waals surface area (Å²) in [7, 11) is -3.62. The standard InChI is InChI=1S/C20H22N2O5S/c23-20(21-15-9-10-18-19(12-15)27-14-26-18)13-16-6-4-5-11-22(16)28(24,25)17-7-2-1-3-8-17/h1-3,7-10,12,16H,4-6,11,13-14H2,(H,21,23). The van der Waals surface area contributed by atoms with Gasteiger partial charge in [0.2, 0.25) is 22.7 Å². The first kappa shape index (κ1) is 18.8. The van der Waals surface area contributed by atoms with Crippen LogP contribution in [-0.2, 0) is 14.8 Å². The van der Waals surface area contributed by atoms with E-state index in [9.17, 15) is 13.2 Å². The lowest BCUT2D eigenvalue weighted by molar-refractivity contribution is -0.117. The summed E-state index contributed by atoms with van der Waals surface area (Å²) in [6.45, 7) is 0.598. The number of hydrogen-bond acceptors (Lipinski definition) is 5. The molecule has 8 heteroatoms. The van der Waals surface area contributed by atoms with Gasteiger partial charge in [0.05, 0.1) is 4.90 Å². The van der Waals surface area contributed by atoms with E-state index in [1.165, 1.54) is 4.31 Å². The van der Waals surface area contributed by atoms with Crippen molar-refractivity contribution in [1.82, 2.24) is 4.31 Å². The van der Waals surface area contributed by atoms with Crippen molar-refractivity contribution in [2.75, 3.05) is 18.7 Å². The molecule has 1 atom stereocenters. The minimum Gasteiger partial charge on any atom is -0.454 e. The van der Waals surface area contributed by atoms with Gasteiger partial charge in [-0.05, 0) is 37.1 Å². The molecule has 2 aliphatic rings. The molecule has 0 bridgehead atoms. The van der Waals surface area contributed by atoms with Crippen molar-refractivity contribution < 1.29 is 22.7 Å². The molecular formula is C20H22N2O5S. The molecule has 7 nitrogen and oxygen atoms in total. The fraction of sp³-hybridized carbons (Fsp3) is 0.350. The number of carbonyl (C=O) groups is 1. The van der Waals surface area contributed by atoms with E-state index in [1.54, 1.807) is 48.5 Å². The van der Waals surface area contributed by atoms with Gasteiger partial charge in [-0.25, -0.2) is 8.42 Å². The zero-order chi connectivity index (χ0) is 19.6. The van der Waals surface area contributed by atoms with Gasteiger partial charge >= 0.3 is 0 Å². The van der Waals surface area contributed by atoms with Crippen LogP contribution in [0.2, 0.25) is 0 Å². The van der Waals surface area contributed by atoms with Crippen molar-refractivity contribution in [2.45, 2.75) is 36.6 Å². The van der Waals surface area contributed by atoms with E-state index in [4.69, 9.17) is 9.47 Å². The lowest BCUT2D eigenvalue weighted by Gasteiger charge is -2.34. The van der Waals surface area contributed by atoms with Crippen LogP contribution in [-0.4, -0.2) is 38.0 Å². The number of piperidine rings is 1. The maximum atomic E-state index is 13.0. The second-order valence-corrected chi connectivity index (χ2v) is 8.79. The molecule has 148 valence electrons. The minimum absolute atomic E-state index is 0.112. The maximum absolute atomic E-state index is 13.0. The summed E-state index contributed by atoms with van der Waals surface area (Å²) in [4.78, 5) is 12.8. The first-order chi connectivity index (χ1) is 13.5. The third kappa shape index (κ3) is 3.83. The van der Waals surface area contributed by atoms with Crippen molar-refractivity contribution >= 4 is 21.6 Å². The van der Waals surface area contributed by atoms with Crippen LogP contribution in [0.15, 0.2) is 53.4 Å². The molecule has 1 fully saturated rings. The third-order valence-electron chi connectivity index (χ3n) is 5.00. The molecule has 2 aromatic carbocycles. The molecule has 4 rings (SSSR count). The fourth-order valence-corrected chi connectivity index (χ4v) is 5.34. The van der Waals surface area contributed by atoms with Crippen LogP contribution in [0.4, 0.5) is 5.69 Å².